The van der Waals surface area contributed by atoms with Crippen LogP contribution in [-0.4, -0.2) is 32.2 Å². The summed E-state index contributed by atoms with van der Waals surface area (Å²) in [5.74, 6) is -0.144. The zero-order chi connectivity index (χ0) is 13.1. The number of amides is 1. The van der Waals surface area contributed by atoms with E-state index in [1.807, 2.05) is 25.2 Å². The summed E-state index contributed by atoms with van der Waals surface area (Å²) in [6, 6.07) is 5.94. The van der Waals surface area contributed by atoms with Crippen LogP contribution in [0.25, 0.3) is 0 Å². The normalized spacial score (nSPS) is 23.1. The van der Waals surface area contributed by atoms with Crippen molar-refractivity contribution >= 4 is 50.1 Å². The van der Waals surface area contributed by atoms with Gasteiger partial charge in [-0.2, -0.15) is 0 Å². The maximum atomic E-state index is 12.2. The summed E-state index contributed by atoms with van der Waals surface area (Å²) in [7, 11) is 1.85. The number of halogens is 2. The highest BCUT2D eigenvalue weighted by Crippen LogP contribution is 2.26. The van der Waals surface area contributed by atoms with E-state index in [1.165, 1.54) is 0 Å². The summed E-state index contributed by atoms with van der Waals surface area (Å²) in [5.41, 5.74) is 0.800. The predicted octanol–water partition coefficient (Wildman–Crippen LogP) is 2.23. The summed E-state index contributed by atoms with van der Waals surface area (Å²) in [6.45, 7) is 1.06. The van der Waals surface area contributed by atoms with E-state index in [1.54, 1.807) is 0 Å². The Hall–Kier alpha value is -0.180. The Balaban J connectivity index is 2.09. The second-order valence-electron chi connectivity index (χ2n) is 4.15. The van der Waals surface area contributed by atoms with Crippen LogP contribution in [0.1, 0.15) is 0 Å². The topological polar surface area (TPSA) is 50.4 Å². The van der Waals surface area contributed by atoms with Crippen molar-refractivity contribution < 1.29 is 9.53 Å². The minimum atomic E-state index is -0.139. The van der Waals surface area contributed by atoms with Crippen molar-refractivity contribution in [3.63, 3.8) is 0 Å². The van der Waals surface area contributed by atoms with Crippen LogP contribution in [0.4, 0.5) is 5.69 Å². The number of carbonyl (C=O) groups excluding carboxylic acids is 1. The molecule has 0 bridgehead atoms. The molecule has 1 heterocycles. The van der Waals surface area contributed by atoms with Gasteiger partial charge in [0.15, 0.2) is 0 Å². The number of nitrogens with one attached hydrogen (secondary N) is 2. The third-order valence-corrected chi connectivity index (χ3v) is 4.34. The van der Waals surface area contributed by atoms with E-state index in [4.69, 9.17) is 4.74 Å². The van der Waals surface area contributed by atoms with Gasteiger partial charge in [-0.15, -0.1) is 0 Å². The van der Waals surface area contributed by atoms with Crippen LogP contribution in [0.15, 0.2) is 22.7 Å². The zero-order valence-corrected chi connectivity index (χ0v) is 13.6. The molecule has 2 unspecified atom stereocenters. The van der Waals surface area contributed by atoms with Gasteiger partial charge in [0, 0.05) is 14.1 Å². The number of hydrogen-bond donors (Lipinski definition) is 2. The van der Waals surface area contributed by atoms with Gasteiger partial charge in [0.25, 0.3) is 0 Å². The van der Waals surface area contributed by atoms with E-state index in [2.05, 4.69) is 49.2 Å². The van der Waals surface area contributed by atoms with Crippen molar-refractivity contribution in [3.05, 3.63) is 26.2 Å². The quantitative estimate of drug-likeness (QED) is 0.731. The van der Waals surface area contributed by atoms with Crippen LogP contribution in [0.3, 0.4) is 0 Å². The molecule has 0 radical (unpaired) electrons. The largest absolute Gasteiger partial charge is 0.379 e. The van der Waals surface area contributed by atoms with Crippen molar-refractivity contribution in [3.8, 4) is 0 Å². The Morgan fingerprint density at radius 1 is 1.50 bits per heavy atom. The minimum Gasteiger partial charge on any atom is -0.379 e. The van der Waals surface area contributed by atoms with E-state index in [0.29, 0.717) is 13.2 Å². The zero-order valence-electron chi connectivity index (χ0n) is 9.87. The molecule has 0 saturated carbocycles. The summed E-state index contributed by atoms with van der Waals surface area (Å²) in [4.78, 5) is 12.2. The summed E-state index contributed by atoms with van der Waals surface area (Å²) in [5, 5.41) is 6.05. The predicted molar refractivity (Wildman–Crippen MR) is 82.6 cm³/mol. The van der Waals surface area contributed by atoms with Gasteiger partial charge >= 0.3 is 0 Å². The van der Waals surface area contributed by atoms with Gasteiger partial charge in [0.2, 0.25) is 5.91 Å². The number of hydrogen-bond acceptors (Lipinski definition) is 3. The van der Waals surface area contributed by atoms with E-state index >= 15 is 0 Å². The second kappa shape index (κ2) is 6.31. The molecule has 0 aromatic heterocycles. The van der Waals surface area contributed by atoms with Gasteiger partial charge in [-0.05, 0) is 63.8 Å². The minimum absolute atomic E-state index is 0.00505. The van der Waals surface area contributed by atoms with Crippen LogP contribution in [0.5, 0.6) is 0 Å². The fraction of sp³-hybridized carbons (Fsp3) is 0.417. The number of anilines is 1. The maximum Gasteiger partial charge on any atom is 0.231 e. The van der Waals surface area contributed by atoms with Crippen molar-refractivity contribution in [2.45, 2.75) is 6.04 Å². The van der Waals surface area contributed by atoms with E-state index in [-0.39, 0.29) is 17.9 Å². The first-order valence-electron chi connectivity index (χ1n) is 5.62. The van der Waals surface area contributed by atoms with Crippen molar-refractivity contribution in [2.24, 2.45) is 5.92 Å². The lowest BCUT2D eigenvalue weighted by Gasteiger charge is -2.17. The molecule has 0 aliphatic carbocycles. The van der Waals surface area contributed by atoms with Crippen LogP contribution in [-0.2, 0) is 9.53 Å². The molecule has 0 spiro atoms. The van der Waals surface area contributed by atoms with Gasteiger partial charge in [-0.1, -0.05) is 0 Å². The molecule has 4 nitrogen and oxygen atoms in total. The van der Waals surface area contributed by atoms with Gasteiger partial charge in [-0.25, -0.2) is 0 Å². The lowest BCUT2D eigenvalue weighted by molar-refractivity contribution is -0.120. The average molecular weight is 425 g/mol. The highest BCUT2D eigenvalue weighted by Gasteiger charge is 2.33. The lowest BCUT2D eigenvalue weighted by Crippen LogP contribution is -2.39. The fourth-order valence-corrected chi connectivity index (χ4v) is 2.75. The first-order chi connectivity index (χ1) is 8.61. The lowest BCUT2D eigenvalue weighted by atomic mass is 10.0. The molecular formula is C12H14BrIN2O2. The molecule has 1 amide bonds. The molecule has 6 heteroatoms. The van der Waals surface area contributed by atoms with Crippen molar-refractivity contribution in [2.75, 3.05) is 25.6 Å². The molecule has 18 heavy (non-hydrogen) atoms. The molecule has 2 atom stereocenters. The maximum absolute atomic E-state index is 12.2. The molecule has 1 aliphatic rings. The van der Waals surface area contributed by atoms with E-state index < -0.39 is 0 Å². The van der Waals surface area contributed by atoms with Gasteiger partial charge in [0.1, 0.15) is 0 Å². The van der Waals surface area contributed by atoms with Crippen LogP contribution >= 0.6 is 38.5 Å². The highest BCUT2D eigenvalue weighted by molar-refractivity contribution is 14.1. The number of ether oxygens (including phenoxy) is 1. The average Bonchev–Trinajstić information content (AvgIpc) is 2.82. The Morgan fingerprint density at radius 2 is 2.28 bits per heavy atom. The molecule has 1 fully saturated rings. The third-order valence-electron chi connectivity index (χ3n) is 2.97. The van der Waals surface area contributed by atoms with E-state index in [9.17, 15) is 4.79 Å². The Labute approximate surface area is 128 Å². The van der Waals surface area contributed by atoms with Gasteiger partial charge < -0.3 is 15.4 Å². The Morgan fingerprint density at radius 3 is 3.00 bits per heavy atom. The fourth-order valence-electron chi connectivity index (χ4n) is 1.92. The van der Waals surface area contributed by atoms with Gasteiger partial charge in [-0.3, -0.25) is 4.79 Å². The number of carbonyl (C=O) groups is 1. The van der Waals surface area contributed by atoms with Crippen LogP contribution in [0.2, 0.25) is 0 Å². The molecule has 1 aliphatic heterocycles. The summed E-state index contributed by atoms with van der Waals surface area (Å²) >= 11 is 5.65. The first-order valence-corrected chi connectivity index (χ1v) is 7.50. The standard InChI is InChI=1S/C12H14BrIN2O2/c1-15-11-6-18-5-8(11)12(17)16-10-4-7(14)2-3-9(10)13/h2-4,8,11,15H,5-6H2,1H3,(H,16,17). The molecule has 2 N–H and O–H groups in total. The Kier molecular flexibility index (Phi) is 4.99. The van der Waals surface area contributed by atoms with Crippen LogP contribution in [0, 0.1) is 9.49 Å². The van der Waals surface area contributed by atoms with Gasteiger partial charge in [0.05, 0.1) is 24.8 Å². The van der Waals surface area contributed by atoms with Crippen molar-refractivity contribution in [1.82, 2.24) is 5.32 Å². The number of benzene rings is 1. The monoisotopic (exact) mass is 424 g/mol. The molecular weight excluding hydrogens is 411 g/mol. The number of likely N-dealkylation sites (N-methyl/N-ethyl adjacent to an activating group) is 1. The Bertz CT molecular complexity index is 456. The smallest absolute Gasteiger partial charge is 0.231 e. The summed E-state index contributed by atoms with van der Waals surface area (Å²) < 4.78 is 7.30. The molecule has 1 saturated heterocycles. The SMILES string of the molecule is CNC1COCC1C(=O)Nc1cc(I)ccc1Br. The first kappa shape index (κ1) is 14.2. The van der Waals surface area contributed by atoms with Crippen LogP contribution < -0.4 is 10.6 Å². The summed E-state index contributed by atoms with van der Waals surface area (Å²) in [6.07, 6.45) is 0. The molecule has 1 aromatic carbocycles. The molecule has 98 valence electrons. The van der Waals surface area contributed by atoms with Crippen molar-refractivity contribution in [1.29, 1.82) is 0 Å². The highest BCUT2D eigenvalue weighted by atomic mass is 127. The molecule has 1 aromatic rings. The third kappa shape index (κ3) is 3.23. The van der Waals surface area contributed by atoms with E-state index in [0.717, 1.165) is 13.7 Å². The second-order valence-corrected chi connectivity index (χ2v) is 6.25. The number of rotatable bonds is 3. The molecule has 2 rings (SSSR count).